The predicted octanol–water partition coefficient (Wildman–Crippen LogP) is 2.75. The molecule has 0 unspecified atom stereocenters. The summed E-state index contributed by atoms with van der Waals surface area (Å²) in [4.78, 5) is 3.36. The molecule has 1 aromatic rings. The van der Waals surface area contributed by atoms with Crippen molar-refractivity contribution in [2.75, 3.05) is 0 Å². The third-order valence-electron chi connectivity index (χ3n) is 3.05. The van der Waals surface area contributed by atoms with Crippen LogP contribution in [-0.2, 0) is 6.18 Å². The number of rotatable bonds is 2. The highest BCUT2D eigenvalue weighted by atomic mass is 19.4. The summed E-state index contributed by atoms with van der Waals surface area (Å²) in [6, 6.07) is 2.46. The van der Waals surface area contributed by atoms with Gasteiger partial charge < -0.3 is 10.5 Å². The van der Waals surface area contributed by atoms with Crippen molar-refractivity contribution in [3.63, 3.8) is 0 Å². The summed E-state index contributed by atoms with van der Waals surface area (Å²) in [5.74, 6) is 0.378. The molecule has 18 heavy (non-hydrogen) atoms. The lowest BCUT2D eigenvalue weighted by atomic mass is 9.94. The van der Waals surface area contributed by atoms with Crippen molar-refractivity contribution >= 4 is 0 Å². The molecule has 6 heteroatoms. The molecule has 100 valence electrons. The summed E-state index contributed by atoms with van der Waals surface area (Å²) in [6.45, 7) is 0. The molecule has 0 aliphatic heterocycles. The number of hydrogen-bond acceptors (Lipinski definition) is 3. The Balaban J connectivity index is 1.94. The van der Waals surface area contributed by atoms with Gasteiger partial charge in [-0.2, -0.15) is 13.2 Å². The summed E-state index contributed by atoms with van der Waals surface area (Å²) in [5, 5.41) is 0. The molecule has 1 aliphatic rings. The third kappa shape index (κ3) is 3.35. The van der Waals surface area contributed by atoms with E-state index in [4.69, 9.17) is 10.5 Å². The average Bonchev–Trinajstić information content (AvgIpc) is 2.32. The molecule has 1 fully saturated rings. The quantitative estimate of drug-likeness (QED) is 0.889. The Bertz CT molecular complexity index is 383. The van der Waals surface area contributed by atoms with Crippen molar-refractivity contribution < 1.29 is 17.9 Å². The monoisotopic (exact) mass is 260 g/mol. The van der Waals surface area contributed by atoms with Gasteiger partial charge in [0.15, 0.2) is 0 Å². The predicted molar refractivity (Wildman–Crippen MR) is 60.1 cm³/mol. The van der Waals surface area contributed by atoms with Crippen LogP contribution in [0.15, 0.2) is 18.3 Å². The fourth-order valence-electron chi connectivity index (χ4n) is 2.02. The second-order valence-electron chi connectivity index (χ2n) is 4.53. The lowest BCUT2D eigenvalue weighted by Gasteiger charge is -2.26. The Hall–Kier alpha value is -1.30. The minimum atomic E-state index is -4.41. The van der Waals surface area contributed by atoms with Gasteiger partial charge in [0, 0.05) is 6.04 Å². The van der Waals surface area contributed by atoms with Crippen molar-refractivity contribution in [3.05, 3.63) is 24.0 Å². The molecule has 0 spiro atoms. The first-order chi connectivity index (χ1) is 8.45. The van der Waals surface area contributed by atoms with Crippen LogP contribution in [0.4, 0.5) is 13.2 Å². The third-order valence-corrected chi connectivity index (χ3v) is 3.05. The fraction of sp³-hybridized carbons (Fsp3) is 0.583. The van der Waals surface area contributed by atoms with Crippen LogP contribution in [0.2, 0.25) is 0 Å². The summed E-state index contributed by atoms with van der Waals surface area (Å²) >= 11 is 0. The molecule has 0 bridgehead atoms. The topological polar surface area (TPSA) is 48.1 Å². The van der Waals surface area contributed by atoms with Crippen molar-refractivity contribution in [2.45, 2.75) is 44.0 Å². The number of alkyl halides is 3. The van der Waals surface area contributed by atoms with Gasteiger partial charge in [0.1, 0.15) is 11.4 Å². The van der Waals surface area contributed by atoms with E-state index in [9.17, 15) is 13.2 Å². The molecule has 2 rings (SSSR count). The summed E-state index contributed by atoms with van der Waals surface area (Å²) in [6.07, 6.45) is 0.193. The zero-order valence-electron chi connectivity index (χ0n) is 9.78. The van der Waals surface area contributed by atoms with Crippen LogP contribution in [0.5, 0.6) is 5.75 Å². The van der Waals surface area contributed by atoms with E-state index in [-0.39, 0.29) is 12.1 Å². The van der Waals surface area contributed by atoms with E-state index in [0.29, 0.717) is 5.75 Å². The number of aromatic nitrogens is 1. The molecular formula is C12H15F3N2O. The van der Waals surface area contributed by atoms with Crippen molar-refractivity contribution in [1.82, 2.24) is 4.98 Å². The minimum Gasteiger partial charge on any atom is -0.489 e. The Labute approximate surface area is 103 Å². The molecule has 2 N–H and O–H groups in total. The Morgan fingerprint density at radius 1 is 1.17 bits per heavy atom. The Morgan fingerprint density at radius 3 is 2.33 bits per heavy atom. The minimum absolute atomic E-state index is 0.0309. The summed E-state index contributed by atoms with van der Waals surface area (Å²) in [5.41, 5.74) is 4.86. The largest absolute Gasteiger partial charge is 0.489 e. The smallest absolute Gasteiger partial charge is 0.433 e. The highest BCUT2D eigenvalue weighted by Gasteiger charge is 2.32. The standard InChI is InChI=1S/C12H15F3N2O/c13-12(14,15)11-6-5-10(7-17-11)18-9-3-1-8(16)2-4-9/h5-9H,1-4,16H2/t8-,9-. The second-order valence-corrected chi connectivity index (χ2v) is 4.53. The zero-order chi connectivity index (χ0) is 13.2. The van der Waals surface area contributed by atoms with Crippen LogP contribution in [0.3, 0.4) is 0 Å². The van der Waals surface area contributed by atoms with Gasteiger partial charge >= 0.3 is 6.18 Å². The molecule has 0 saturated heterocycles. The first-order valence-corrected chi connectivity index (χ1v) is 5.90. The van der Waals surface area contributed by atoms with E-state index in [0.717, 1.165) is 37.9 Å². The molecule has 0 amide bonds. The molecule has 3 nitrogen and oxygen atoms in total. The van der Waals surface area contributed by atoms with Crippen LogP contribution in [-0.4, -0.2) is 17.1 Å². The SMILES string of the molecule is N[C@H]1CC[C@H](Oc2ccc(C(F)(F)F)nc2)CC1. The van der Waals surface area contributed by atoms with Gasteiger partial charge in [0.2, 0.25) is 0 Å². The van der Waals surface area contributed by atoms with Crippen molar-refractivity contribution in [1.29, 1.82) is 0 Å². The van der Waals surface area contributed by atoms with Gasteiger partial charge in [-0.25, -0.2) is 4.98 Å². The first kappa shape index (κ1) is 13.1. The second kappa shape index (κ2) is 5.14. The van der Waals surface area contributed by atoms with Crippen LogP contribution in [0, 0.1) is 0 Å². The highest BCUT2D eigenvalue weighted by molar-refractivity contribution is 5.21. The van der Waals surface area contributed by atoms with Gasteiger partial charge in [-0.3, -0.25) is 0 Å². The molecule has 0 radical (unpaired) electrons. The number of hydrogen-bond donors (Lipinski definition) is 1. The van der Waals surface area contributed by atoms with Crippen molar-refractivity contribution in [3.8, 4) is 5.75 Å². The average molecular weight is 260 g/mol. The van der Waals surface area contributed by atoms with E-state index in [1.807, 2.05) is 0 Å². The lowest BCUT2D eigenvalue weighted by Crippen LogP contribution is -2.31. The maximum atomic E-state index is 12.3. The summed E-state index contributed by atoms with van der Waals surface area (Å²) in [7, 11) is 0. The van der Waals surface area contributed by atoms with E-state index in [1.54, 1.807) is 0 Å². The molecule has 0 aromatic carbocycles. The maximum Gasteiger partial charge on any atom is 0.433 e. The fourth-order valence-corrected chi connectivity index (χ4v) is 2.02. The van der Waals surface area contributed by atoms with Crippen LogP contribution >= 0.6 is 0 Å². The number of nitrogens with zero attached hydrogens (tertiary/aromatic N) is 1. The molecule has 1 aliphatic carbocycles. The lowest BCUT2D eigenvalue weighted by molar-refractivity contribution is -0.141. The van der Waals surface area contributed by atoms with Crippen LogP contribution < -0.4 is 10.5 Å². The molecule has 1 saturated carbocycles. The molecule has 1 heterocycles. The number of nitrogens with two attached hydrogens (primary N) is 1. The molecule has 0 atom stereocenters. The highest BCUT2D eigenvalue weighted by Crippen LogP contribution is 2.29. The van der Waals surface area contributed by atoms with Gasteiger partial charge in [-0.15, -0.1) is 0 Å². The Morgan fingerprint density at radius 2 is 1.83 bits per heavy atom. The van der Waals surface area contributed by atoms with E-state index >= 15 is 0 Å². The van der Waals surface area contributed by atoms with Gasteiger partial charge in [0.25, 0.3) is 0 Å². The normalized spacial score (nSPS) is 24.9. The molecule has 1 aromatic heterocycles. The van der Waals surface area contributed by atoms with Gasteiger partial charge in [-0.05, 0) is 37.8 Å². The summed E-state index contributed by atoms with van der Waals surface area (Å²) < 4.78 is 42.5. The number of halogens is 3. The Kier molecular flexibility index (Phi) is 3.75. The number of ether oxygens (including phenoxy) is 1. The van der Waals surface area contributed by atoms with E-state index in [2.05, 4.69) is 4.98 Å². The van der Waals surface area contributed by atoms with Gasteiger partial charge in [0.05, 0.1) is 12.3 Å². The zero-order valence-corrected chi connectivity index (χ0v) is 9.78. The van der Waals surface area contributed by atoms with Gasteiger partial charge in [-0.1, -0.05) is 0 Å². The molecular weight excluding hydrogens is 245 g/mol. The first-order valence-electron chi connectivity index (χ1n) is 5.90. The van der Waals surface area contributed by atoms with E-state index < -0.39 is 11.9 Å². The number of pyridine rings is 1. The van der Waals surface area contributed by atoms with E-state index in [1.165, 1.54) is 6.07 Å². The van der Waals surface area contributed by atoms with Crippen LogP contribution in [0.1, 0.15) is 31.4 Å². The van der Waals surface area contributed by atoms with Crippen molar-refractivity contribution in [2.24, 2.45) is 5.73 Å². The van der Waals surface area contributed by atoms with Crippen LogP contribution in [0.25, 0.3) is 0 Å². The maximum absolute atomic E-state index is 12.3.